The zero-order valence-corrected chi connectivity index (χ0v) is 19.3. The topological polar surface area (TPSA) is 79.1 Å². The molecule has 1 aromatic carbocycles. The van der Waals surface area contributed by atoms with E-state index < -0.39 is 0 Å². The molecule has 7 nitrogen and oxygen atoms in total. The third-order valence-electron chi connectivity index (χ3n) is 6.08. The summed E-state index contributed by atoms with van der Waals surface area (Å²) >= 11 is 0. The van der Waals surface area contributed by atoms with E-state index in [1.54, 1.807) is 4.68 Å². The van der Waals surface area contributed by atoms with Gasteiger partial charge in [0, 0.05) is 54.4 Å². The fourth-order valence-corrected chi connectivity index (χ4v) is 4.66. The van der Waals surface area contributed by atoms with Gasteiger partial charge in [0.1, 0.15) is 11.6 Å². The van der Waals surface area contributed by atoms with Gasteiger partial charge in [-0.25, -0.2) is 9.97 Å². The molecular formula is C25H30N6O. The lowest BCUT2D eigenvalue weighted by Crippen LogP contribution is -2.44. The van der Waals surface area contributed by atoms with Gasteiger partial charge in [-0.05, 0) is 64.4 Å². The minimum Gasteiger partial charge on any atom is -0.507 e. The van der Waals surface area contributed by atoms with Crippen molar-refractivity contribution in [3.63, 3.8) is 0 Å². The molecule has 1 aliphatic heterocycles. The predicted molar refractivity (Wildman–Crippen MR) is 129 cm³/mol. The molecule has 0 radical (unpaired) electrons. The predicted octanol–water partition coefficient (Wildman–Crippen LogP) is 4.16. The number of aromatic hydroxyl groups is 1. The van der Waals surface area contributed by atoms with E-state index in [4.69, 9.17) is 9.97 Å². The van der Waals surface area contributed by atoms with Gasteiger partial charge in [0.05, 0.1) is 22.2 Å². The van der Waals surface area contributed by atoms with E-state index in [1.165, 1.54) is 0 Å². The zero-order valence-electron chi connectivity index (χ0n) is 19.3. The van der Waals surface area contributed by atoms with E-state index in [1.807, 2.05) is 50.5 Å². The van der Waals surface area contributed by atoms with Crippen LogP contribution in [0, 0.1) is 6.92 Å². The van der Waals surface area contributed by atoms with Crippen molar-refractivity contribution < 1.29 is 5.11 Å². The molecule has 5 rings (SSSR count). The van der Waals surface area contributed by atoms with Gasteiger partial charge in [-0.3, -0.25) is 4.68 Å². The number of aryl methyl sites for hydroxylation is 2. The summed E-state index contributed by atoms with van der Waals surface area (Å²) in [5, 5.41) is 19.9. The highest BCUT2D eigenvalue weighted by atomic mass is 16.3. The maximum atomic E-state index is 10.8. The molecule has 1 fully saturated rings. The SMILES string of the molecule is Cc1c(O)c(-c2ccc3nc(N4CC[C@H](NC(C)(C)C)C4)ccc3n2)cc2cn(C)nc12. The first-order chi connectivity index (χ1) is 15.2. The second-order valence-corrected chi connectivity index (χ2v) is 9.87. The van der Waals surface area contributed by atoms with E-state index in [0.29, 0.717) is 11.6 Å². The van der Waals surface area contributed by atoms with Crippen LogP contribution in [0.15, 0.2) is 36.5 Å². The second-order valence-electron chi connectivity index (χ2n) is 9.87. The van der Waals surface area contributed by atoms with Crippen LogP contribution >= 0.6 is 0 Å². The fourth-order valence-electron chi connectivity index (χ4n) is 4.66. The first-order valence-corrected chi connectivity index (χ1v) is 11.1. The highest BCUT2D eigenvalue weighted by Crippen LogP contribution is 2.36. The lowest BCUT2D eigenvalue weighted by molar-refractivity contribution is 0.373. The molecule has 1 aliphatic rings. The quantitative estimate of drug-likeness (QED) is 0.508. The van der Waals surface area contributed by atoms with Crippen molar-refractivity contribution >= 4 is 27.8 Å². The summed E-state index contributed by atoms with van der Waals surface area (Å²) in [7, 11) is 1.88. The Morgan fingerprint density at radius 1 is 1.09 bits per heavy atom. The largest absolute Gasteiger partial charge is 0.507 e. The molecule has 1 atom stereocenters. The normalized spacial score (nSPS) is 17.0. The highest BCUT2D eigenvalue weighted by Gasteiger charge is 2.26. The van der Waals surface area contributed by atoms with Crippen LogP contribution in [0.3, 0.4) is 0 Å². The van der Waals surface area contributed by atoms with Gasteiger partial charge >= 0.3 is 0 Å². The van der Waals surface area contributed by atoms with Gasteiger partial charge in [-0.15, -0.1) is 0 Å². The van der Waals surface area contributed by atoms with Crippen LogP contribution in [0.2, 0.25) is 0 Å². The van der Waals surface area contributed by atoms with Crippen LogP contribution in [-0.2, 0) is 7.05 Å². The van der Waals surface area contributed by atoms with Gasteiger partial charge in [0.15, 0.2) is 0 Å². The summed E-state index contributed by atoms with van der Waals surface area (Å²) in [6, 6.07) is 10.4. The number of nitrogens with one attached hydrogen (secondary N) is 1. The van der Waals surface area contributed by atoms with Crippen LogP contribution in [-0.4, -0.2) is 49.5 Å². The Hall–Kier alpha value is -3.19. The number of fused-ring (bicyclic) bond motifs is 2. The minimum absolute atomic E-state index is 0.112. The Kier molecular flexibility index (Phi) is 4.82. The maximum absolute atomic E-state index is 10.8. The van der Waals surface area contributed by atoms with Crippen LogP contribution in [0.25, 0.3) is 33.2 Å². The van der Waals surface area contributed by atoms with Crippen molar-refractivity contribution in [2.45, 2.75) is 45.7 Å². The Labute approximate surface area is 188 Å². The Bertz CT molecular complexity index is 1320. The van der Waals surface area contributed by atoms with Crippen molar-refractivity contribution in [3.8, 4) is 17.0 Å². The third kappa shape index (κ3) is 3.77. The average molecular weight is 431 g/mol. The Morgan fingerprint density at radius 3 is 2.62 bits per heavy atom. The lowest BCUT2D eigenvalue weighted by atomic mass is 10.0. The molecule has 4 aromatic rings. The number of phenols is 1. The van der Waals surface area contributed by atoms with E-state index in [2.05, 4.69) is 36.1 Å². The van der Waals surface area contributed by atoms with E-state index >= 15 is 0 Å². The van der Waals surface area contributed by atoms with Gasteiger partial charge in [-0.1, -0.05) is 0 Å². The van der Waals surface area contributed by atoms with E-state index in [-0.39, 0.29) is 11.3 Å². The summed E-state index contributed by atoms with van der Waals surface area (Å²) in [5.41, 5.74) is 4.81. The van der Waals surface area contributed by atoms with Gasteiger partial charge in [0.2, 0.25) is 0 Å². The number of hydrogen-bond donors (Lipinski definition) is 2. The standard InChI is InChI=1S/C25H30N6O/c1-15-23-16(13-30(5)29-23)12-18(24(15)32)19-6-7-21-20(26-19)8-9-22(27-21)31-11-10-17(14-31)28-25(2,3)4/h6-9,12-13,17,28,32H,10-11,14H2,1-5H3/t17-/m0/s1. The second kappa shape index (κ2) is 7.45. The van der Waals surface area contributed by atoms with Gasteiger partial charge in [-0.2, -0.15) is 5.10 Å². The molecule has 0 amide bonds. The molecular weight excluding hydrogens is 400 g/mol. The van der Waals surface area contributed by atoms with Crippen LogP contribution in [0.5, 0.6) is 5.75 Å². The first kappa shape index (κ1) is 20.7. The van der Waals surface area contributed by atoms with Gasteiger partial charge < -0.3 is 15.3 Å². The molecule has 0 bridgehead atoms. The summed E-state index contributed by atoms with van der Waals surface area (Å²) in [5.74, 6) is 1.21. The van der Waals surface area contributed by atoms with Crippen LogP contribution in [0.4, 0.5) is 5.82 Å². The lowest BCUT2D eigenvalue weighted by Gasteiger charge is -2.26. The van der Waals surface area contributed by atoms with Crippen molar-refractivity contribution in [1.82, 2.24) is 25.1 Å². The summed E-state index contributed by atoms with van der Waals surface area (Å²) < 4.78 is 1.76. The molecule has 0 aliphatic carbocycles. The van der Waals surface area contributed by atoms with Crippen molar-refractivity contribution in [2.75, 3.05) is 18.0 Å². The van der Waals surface area contributed by atoms with Crippen molar-refractivity contribution in [3.05, 3.63) is 42.1 Å². The molecule has 0 saturated carbocycles. The molecule has 4 heterocycles. The Balaban J connectivity index is 1.45. The van der Waals surface area contributed by atoms with Crippen LogP contribution < -0.4 is 10.2 Å². The summed E-state index contributed by atoms with van der Waals surface area (Å²) in [6.07, 6.45) is 3.07. The molecule has 3 aromatic heterocycles. The fraction of sp³-hybridized carbons (Fsp3) is 0.400. The molecule has 32 heavy (non-hydrogen) atoms. The molecule has 0 unspecified atom stereocenters. The first-order valence-electron chi connectivity index (χ1n) is 11.1. The highest BCUT2D eigenvalue weighted by molar-refractivity contribution is 5.91. The van der Waals surface area contributed by atoms with Crippen molar-refractivity contribution in [1.29, 1.82) is 0 Å². The average Bonchev–Trinajstić information content (AvgIpc) is 3.34. The Morgan fingerprint density at radius 2 is 1.84 bits per heavy atom. The molecule has 2 N–H and O–H groups in total. The van der Waals surface area contributed by atoms with Crippen LogP contribution in [0.1, 0.15) is 32.8 Å². The molecule has 0 spiro atoms. The molecule has 1 saturated heterocycles. The number of aromatic nitrogens is 4. The molecule has 7 heteroatoms. The summed E-state index contributed by atoms with van der Waals surface area (Å²) in [6.45, 7) is 10.5. The van der Waals surface area contributed by atoms with E-state index in [0.717, 1.165) is 58.5 Å². The summed E-state index contributed by atoms with van der Waals surface area (Å²) in [4.78, 5) is 12.0. The van der Waals surface area contributed by atoms with Gasteiger partial charge in [0.25, 0.3) is 0 Å². The number of hydrogen-bond acceptors (Lipinski definition) is 6. The molecule has 166 valence electrons. The monoisotopic (exact) mass is 430 g/mol. The number of benzene rings is 1. The number of nitrogens with zero attached hydrogens (tertiary/aromatic N) is 5. The number of phenolic OH excluding ortho intramolecular Hbond substituents is 1. The smallest absolute Gasteiger partial charge is 0.130 e. The zero-order chi connectivity index (χ0) is 22.6. The third-order valence-corrected chi connectivity index (χ3v) is 6.08. The number of rotatable bonds is 3. The minimum atomic E-state index is 0.112. The number of pyridine rings is 2. The van der Waals surface area contributed by atoms with Crippen molar-refractivity contribution in [2.24, 2.45) is 7.05 Å². The number of anilines is 1. The van der Waals surface area contributed by atoms with E-state index in [9.17, 15) is 5.11 Å². The maximum Gasteiger partial charge on any atom is 0.130 e.